The van der Waals surface area contributed by atoms with Crippen LogP contribution in [0.2, 0.25) is 0 Å². The molecule has 1 rings (SSSR count). The number of aromatic hydroxyl groups is 1. The number of carbonyl (C=O) groups excluding carboxylic acids is 1. The van der Waals surface area contributed by atoms with Gasteiger partial charge >= 0.3 is 0 Å². The largest absolute Gasteiger partial charge is 0.508 e. The van der Waals surface area contributed by atoms with Crippen LogP contribution in [0.1, 0.15) is 6.92 Å². The number of phenols is 1. The molecule has 0 atom stereocenters. The summed E-state index contributed by atoms with van der Waals surface area (Å²) in [6.45, 7) is 1.37. The van der Waals surface area contributed by atoms with E-state index < -0.39 is 0 Å². The van der Waals surface area contributed by atoms with Crippen LogP contribution in [0.25, 0.3) is 0 Å². The van der Waals surface area contributed by atoms with Gasteiger partial charge in [0, 0.05) is 12.6 Å². The number of carbonyl (C=O) groups is 1. The molecule has 0 heterocycles. The van der Waals surface area contributed by atoms with Gasteiger partial charge in [0.25, 0.3) is 0 Å². The Bertz CT molecular complexity index is 284. The molecule has 0 aliphatic heterocycles. The van der Waals surface area contributed by atoms with Gasteiger partial charge in [0.1, 0.15) is 5.75 Å². The second-order valence-corrected chi connectivity index (χ2v) is 2.41. The Morgan fingerprint density at radius 1 is 1.42 bits per heavy atom. The summed E-state index contributed by atoms with van der Waals surface area (Å²) >= 11 is 0. The van der Waals surface area contributed by atoms with Gasteiger partial charge in [-0.3, -0.25) is 4.79 Å². The minimum Gasteiger partial charge on any atom is -0.508 e. The van der Waals surface area contributed by atoms with E-state index in [1.54, 1.807) is 12.1 Å². The van der Waals surface area contributed by atoms with E-state index in [2.05, 4.69) is 0 Å². The van der Waals surface area contributed by atoms with Crippen molar-refractivity contribution >= 4 is 19.6 Å². The lowest BCUT2D eigenvalue weighted by molar-refractivity contribution is -0.115. The zero-order valence-electron chi connectivity index (χ0n) is 6.69. The molecule has 2 radical (unpaired) electrons. The molecule has 0 saturated heterocycles. The van der Waals surface area contributed by atoms with Crippen molar-refractivity contribution in [3.63, 3.8) is 0 Å². The van der Waals surface area contributed by atoms with Crippen LogP contribution in [0.3, 0.4) is 0 Å². The quantitative estimate of drug-likeness (QED) is 0.619. The molecular formula is C8H8BNO2. The molecule has 0 aliphatic carbocycles. The molecule has 60 valence electrons. The summed E-state index contributed by atoms with van der Waals surface area (Å²) in [5.74, 6) is -0.101. The van der Waals surface area contributed by atoms with Gasteiger partial charge in [-0.05, 0) is 24.3 Å². The average molecular weight is 161 g/mol. The molecule has 0 fully saturated rings. The zero-order valence-corrected chi connectivity index (χ0v) is 6.69. The maximum atomic E-state index is 10.8. The smallest absolute Gasteiger partial charge is 0.238 e. The van der Waals surface area contributed by atoms with Crippen molar-refractivity contribution in [1.29, 1.82) is 0 Å². The molecule has 0 spiro atoms. The fraction of sp³-hybridized carbons (Fsp3) is 0.125. The molecule has 1 N–H and O–H groups in total. The number of hydrogen-bond donors (Lipinski definition) is 1. The van der Waals surface area contributed by atoms with Crippen molar-refractivity contribution in [1.82, 2.24) is 0 Å². The molecule has 1 aromatic rings. The first kappa shape index (κ1) is 8.65. The van der Waals surface area contributed by atoms with Gasteiger partial charge in [0.15, 0.2) is 0 Å². The molecule has 4 heteroatoms. The van der Waals surface area contributed by atoms with E-state index in [9.17, 15) is 4.79 Å². The van der Waals surface area contributed by atoms with Crippen LogP contribution in [0.4, 0.5) is 5.69 Å². The highest BCUT2D eigenvalue weighted by molar-refractivity contribution is 6.30. The highest BCUT2D eigenvalue weighted by Crippen LogP contribution is 2.16. The van der Waals surface area contributed by atoms with Gasteiger partial charge in [0.2, 0.25) is 13.9 Å². The third-order valence-electron chi connectivity index (χ3n) is 1.47. The summed E-state index contributed by atoms with van der Waals surface area (Å²) in [6, 6.07) is 6.07. The van der Waals surface area contributed by atoms with E-state index in [0.717, 1.165) is 4.81 Å². The van der Waals surface area contributed by atoms with Crippen molar-refractivity contribution in [2.75, 3.05) is 4.81 Å². The standard InChI is InChI=1S/C8H8BNO2/c1-6(11)10(9)7-2-4-8(12)5-3-7/h2-5,12H,1H3. The summed E-state index contributed by atoms with van der Waals surface area (Å²) < 4.78 is 0. The number of nitrogens with zero attached hydrogens (tertiary/aromatic N) is 1. The first-order valence-corrected chi connectivity index (χ1v) is 3.45. The average Bonchev–Trinajstić information content (AvgIpc) is 2.04. The molecule has 0 saturated carbocycles. The zero-order chi connectivity index (χ0) is 9.14. The highest BCUT2D eigenvalue weighted by atomic mass is 16.3. The number of anilines is 1. The number of amides is 1. The summed E-state index contributed by atoms with van der Waals surface area (Å²) in [5.41, 5.74) is 0.556. The SMILES string of the molecule is [B]N(C(C)=O)c1ccc(O)cc1. The first-order valence-electron chi connectivity index (χ1n) is 3.45. The predicted octanol–water partition coefficient (Wildman–Crippen LogP) is 0.829. The molecule has 0 aromatic heterocycles. The first-order chi connectivity index (χ1) is 5.61. The number of hydrogen-bond acceptors (Lipinski definition) is 2. The molecule has 1 aromatic carbocycles. The lowest BCUT2D eigenvalue weighted by atomic mass is 10.2. The van der Waals surface area contributed by atoms with E-state index in [0.29, 0.717) is 5.69 Å². The summed E-state index contributed by atoms with van der Waals surface area (Å²) in [5, 5.41) is 8.93. The fourth-order valence-electron chi connectivity index (χ4n) is 0.795. The van der Waals surface area contributed by atoms with Gasteiger partial charge in [-0.25, -0.2) is 0 Å². The molecular weight excluding hydrogens is 153 g/mol. The molecule has 0 aliphatic rings. The minimum atomic E-state index is -0.249. The summed E-state index contributed by atoms with van der Waals surface area (Å²) in [7, 11) is 5.39. The predicted molar refractivity (Wildman–Crippen MR) is 47.0 cm³/mol. The number of benzene rings is 1. The van der Waals surface area contributed by atoms with Crippen LogP contribution in [-0.2, 0) is 4.79 Å². The fourth-order valence-corrected chi connectivity index (χ4v) is 0.795. The summed E-state index contributed by atoms with van der Waals surface area (Å²) in [6.07, 6.45) is 0. The van der Waals surface area contributed by atoms with Gasteiger partial charge < -0.3 is 9.92 Å². The van der Waals surface area contributed by atoms with Crippen molar-refractivity contribution in [3.05, 3.63) is 24.3 Å². The van der Waals surface area contributed by atoms with E-state index in [4.69, 9.17) is 13.1 Å². The van der Waals surface area contributed by atoms with Crippen LogP contribution in [0.5, 0.6) is 5.75 Å². The normalized spacial score (nSPS) is 9.42. The van der Waals surface area contributed by atoms with Gasteiger partial charge in [-0.2, -0.15) is 0 Å². The second-order valence-electron chi connectivity index (χ2n) is 2.41. The third-order valence-corrected chi connectivity index (χ3v) is 1.47. The highest BCUT2D eigenvalue weighted by Gasteiger charge is 2.03. The maximum absolute atomic E-state index is 10.8. The lowest BCUT2D eigenvalue weighted by Crippen LogP contribution is -2.24. The molecule has 3 nitrogen and oxygen atoms in total. The van der Waals surface area contributed by atoms with E-state index in [1.165, 1.54) is 19.1 Å². The Balaban J connectivity index is 2.89. The van der Waals surface area contributed by atoms with E-state index in [-0.39, 0.29) is 11.7 Å². The Hall–Kier alpha value is -1.45. The van der Waals surface area contributed by atoms with Crippen LogP contribution in [0.15, 0.2) is 24.3 Å². The van der Waals surface area contributed by atoms with Crippen molar-refractivity contribution in [3.8, 4) is 5.75 Å². The van der Waals surface area contributed by atoms with E-state index >= 15 is 0 Å². The molecule has 0 unspecified atom stereocenters. The van der Waals surface area contributed by atoms with E-state index in [1.807, 2.05) is 0 Å². The Morgan fingerprint density at radius 3 is 2.33 bits per heavy atom. The third kappa shape index (κ3) is 1.78. The monoisotopic (exact) mass is 161 g/mol. The van der Waals surface area contributed by atoms with Crippen molar-refractivity contribution in [2.24, 2.45) is 0 Å². The Labute approximate surface area is 72.1 Å². The lowest BCUT2D eigenvalue weighted by Gasteiger charge is -2.15. The van der Waals surface area contributed by atoms with Gasteiger partial charge in [-0.1, -0.05) is 0 Å². The minimum absolute atomic E-state index is 0.149. The maximum Gasteiger partial charge on any atom is 0.238 e. The molecule has 1 amide bonds. The second kappa shape index (κ2) is 3.30. The van der Waals surface area contributed by atoms with Crippen molar-refractivity contribution in [2.45, 2.75) is 6.92 Å². The van der Waals surface area contributed by atoms with Crippen LogP contribution < -0.4 is 4.81 Å². The molecule has 0 bridgehead atoms. The Morgan fingerprint density at radius 2 is 1.92 bits per heavy atom. The van der Waals surface area contributed by atoms with Crippen LogP contribution in [-0.4, -0.2) is 19.0 Å². The van der Waals surface area contributed by atoms with Crippen molar-refractivity contribution < 1.29 is 9.90 Å². The van der Waals surface area contributed by atoms with Gasteiger partial charge in [0.05, 0.1) is 0 Å². The van der Waals surface area contributed by atoms with Crippen LogP contribution in [0, 0.1) is 0 Å². The van der Waals surface area contributed by atoms with Crippen LogP contribution >= 0.6 is 0 Å². The Kier molecular flexibility index (Phi) is 2.38. The molecule has 12 heavy (non-hydrogen) atoms. The van der Waals surface area contributed by atoms with Gasteiger partial charge in [-0.15, -0.1) is 0 Å². The topological polar surface area (TPSA) is 40.5 Å². The number of phenolic OH excluding ortho intramolecular Hbond substituents is 1. The number of rotatable bonds is 1. The summed E-state index contributed by atoms with van der Waals surface area (Å²) in [4.78, 5) is 11.8.